The van der Waals surface area contributed by atoms with E-state index in [1.54, 1.807) is 0 Å². The average Bonchev–Trinajstić information content (AvgIpc) is 2.08. The van der Waals surface area contributed by atoms with E-state index in [0.717, 1.165) is 6.33 Å². The normalized spacial score (nSPS) is 10.7. The van der Waals surface area contributed by atoms with Gasteiger partial charge in [-0.1, -0.05) is 0 Å². The van der Waals surface area contributed by atoms with Crippen LogP contribution < -0.4 is 0 Å². The van der Waals surface area contributed by atoms with Crippen molar-refractivity contribution >= 4 is 51.4 Å². The summed E-state index contributed by atoms with van der Waals surface area (Å²) >= 11 is 0. The number of nitrogens with one attached hydrogen (secondary N) is 1. The predicted molar refractivity (Wildman–Crippen MR) is 28.5 cm³/mol. The Morgan fingerprint density at radius 2 is 2.00 bits per heavy atom. The van der Waals surface area contributed by atoms with Gasteiger partial charge < -0.3 is 0 Å². The molecule has 1 heterocycles. The Labute approximate surface area is 96.8 Å². The second kappa shape index (κ2) is 3.81. The second-order valence-electron chi connectivity index (χ2n) is 1.32. The molecule has 0 saturated heterocycles. The monoisotopic (exact) mass is 177 g/mol. The van der Waals surface area contributed by atoms with E-state index in [4.69, 9.17) is 0 Å². The number of rotatable bonds is 0. The van der Waals surface area contributed by atoms with E-state index < -0.39 is 12.0 Å². The van der Waals surface area contributed by atoms with Crippen LogP contribution in [0.4, 0.5) is 13.2 Å². The summed E-state index contributed by atoms with van der Waals surface area (Å²) in [5.74, 6) is -1.14. The Balaban J connectivity index is 0.000000810. The minimum absolute atomic E-state index is 0. The summed E-state index contributed by atoms with van der Waals surface area (Å²) in [5, 5.41) is 4.78. The third kappa shape index (κ3) is 2.66. The summed E-state index contributed by atoms with van der Waals surface area (Å²) in [7, 11) is 0. The molecule has 0 radical (unpaired) electrons. The molecule has 0 aliphatic heterocycles. The van der Waals surface area contributed by atoms with Gasteiger partial charge in [-0.25, -0.2) is 4.98 Å². The van der Waals surface area contributed by atoms with Gasteiger partial charge in [-0.15, -0.1) is 5.10 Å². The maximum absolute atomic E-state index is 11.5. The van der Waals surface area contributed by atoms with Gasteiger partial charge in [0.25, 0.3) is 5.82 Å². The van der Waals surface area contributed by atoms with Crippen LogP contribution in [0.15, 0.2) is 6.33 Å². The quantitative estimate of drug-likeness (QED) is 0.574. The first-order valence-electron chi connectivity index (χ1n) is 2.03. The summed E-state index contributed by atoms with van der Waals surface area (Å²) in [5.41, 5.74) is 0. The molecule has 0 aromatic carbocycles. The number of H-pyrrole nitrogens is 1. The van der Waals surface area contributed by atoms with Crippen molar-refractivity contribution in [2.45, 2.75) is 6.18 Å². The molecule has 1 aromatic rings. The van der Waals surface area contributed by atoms with E-state index in [2.05, 4.69) is 10.1 Å². The van der Waals surface area contributed by atoms with Gasteiger partial charge >= 0.3 is 57.6 Å². The van der Waals surface area contributed by atoms with Crippen molar-refractivity contribution in [3.05, 3.63) is 12.2 Å². The SMILES string of the molecule is FC(F)(F)c1nc[nH]n1.[KH]. The number of nitrogens with zero attached hydrogens (tertiary/aromatic N) is 2. The van der Waals surface area contributed by atoms with Gasteiger partial charge in [0.2, 0.25) is 0 Å². The van der Waals surface area contributed by atoms with E-state index in [0.29, 0.717) is 0 Å². The standard InChI is InChI=1S/C3H2F3N3.K.H/c4-3(5,6)2-7-1-8-9-2;;/h1H,(H,7,8,9);;. The molecule has 0 atom stereocenters. The van der Waals surface area contributed by atoms with Crippen LogP contribution in [0.2, 0.25) is 0 Å². The topological polar surface area (TPSA) is 41.6 Å². The molecule has 7 heteroatoms. The van der Waals surface area contributed by atoms with Crippen molar-refractivity contribution in [2.75, 3.05) is 0 Å². The first kappa shape index (κ1) is 10.6. The first-order chi connectivity index (χ1) is 4.11. The van der Waals surface area contributed by atoms with Gasteiger partial charge in [0.05, 0.1) is 0 Å². The Morgan fingerprint density at radius 3 is 2.20 bits per heavy atom. The average molecular weight is 177 g/mol. The van der Waals surface area contributed by atoms with Crippen LogP contribution in [-0.4, -0.2) is 66.6 Å². The fourth-order valence-electron chi connectivity index (χ4n) is 0.345. The molecular formula is C3H3F3KN3. The van der Waals surface area contributed by atoms with Crippen LogP contribution in [0, 0.1) is 0 Å². The van der Waals surface area contributed by atoms with Crippen molar-refractivity contribution in [1.82, 2.24) is 15.2 Å². The molecule has 1 aromatic heterocycles. The van der Waals surface area contributed by atoms with Crippen molar-refractivity contribution in [2.24, 2.45) is 0 Å². The van der Waals surface area contributed by atoms with Crippen molar-refractivity contribution in [1.29, 1.82) is 0 Å². The molecule has 0 aliphatic rings. The zero-order valence-electron chi connectivity index (χ0n) is 4.11. The fourth-order valence-corrected chi connectivity index (χ4v) is 0.345. The molecule has 0 unspecified atom stereocenters. The molecule has 1 N–H and O–H groups in total. The van der Waals surface area contributed by atoms with Crippen LogP contribution in [-0.2, 0) is 6.18 Å². The molecule has 10 heavy (non-hydrogen) atoms. The Hall–Kier alpha value is 0.566. The minimum atomic E-state index is -4.43. The van der Waals surface area contributed by atoms with Crippen molar-refractivity contribution < 1.29 is 13.2 Å². The zero-order valence-corrected chi connectivity index (χ0v) is 4.11. The van der Waals surface area contributed by atoms with Gasteiger partial charge in [-0.3, -0.25) is 5.10 Å². The Morgan fingerprint density at radius 1 is 1.40 bits per heavy atom. The van der Waals surface area contributed by atoms with Crippen LogP contribution in [0.5, 0.6) is 0 Å². The first-order valence-corrected chi connectivity index (χ1v) is 2.03. The molecule has 0 saturated carbocycles. The van der Waals surface area contributed by atoms with Crippen LogP contribution in [0.1, 0.15) is 5.82 Å². The Bertz CT molecular complexity index is 181. The van der Waals surface area contributed by atoms with E-state index in [1.807, 2.05) is 5.10 Å². The van der Waals surface area contributed by atoms with E-state index >= 15 is 0 Å². The van der Waals surface area contributed by atoms with Gasteiger partial charge in [0, 0.05) is 0 Å². The number of aromatic amines is 1. The van der Waals surface area contributed by atoms with Crippen molar-refractivity contribution in [3.8, 4) is 0 Å². The number of halogens is 3. The van der Waals surface area contributed by atoms with E-state index in [1.165, 1.54) is 0 Å². The summed E-state index contributed by atoms with van der Waals surface area (Å²) < 4.78 is 34.4. The predicted octanol–water partition coefficient (Wildman–Crippen LogP) is 0.175. The van der Waals surface area contributed by atoms with Gasteiger partial charge in [0.15, 0.2) is 0 Å². The number of hydrogen-bond acceptors (Lipinski definition) is 2. The van der Waals surface area contributed by atoms with Crippen LogP contribution in [0.25, 0.3) is 0 Å². The summed E-state index contributed by atoms with van der Waals surface area (Å²) in [4.78, 5) is 2.90. The molecule has 52 valence electrons. The van der Waals surface area contributed by atoms with E-state index in [-0.39, 0.29) is 51.4 Å². The molecule has 0 bridgehead atoms. The third-order valence-electron chi connectivity index (χ3n) is 0.669. The van der Waals surface area contributed by atoms with Crippen LogP contribution >= 0.6 is 0 Å². The molecule has 3 nitrogen and oxygen atoms in total. The molecule has 0 spiro atoms. The fraction of sp³-hybridized carbons (Fsp3) is 0.333. The summed E-state index contributed by atoms with van der Waals surface area (Å²) in [6, 6.07) is 0. The third-order valence-corrected chi connectivity index (χ3v) is 0.669. The van der Waals surface area contributed by atoms with Gasteiger partial charge in [-0.2, -0.15) is 13.2 Å². The molecule has 0 fully saturated rings. The summed E-state index contributed by atoms with van der Waals surface area (Å²) in [6.07, 6.45) is -3.55. The second-order valence-corrected chi connectivity index (χ2v) is 1.32. The number of hydrogen-bond donors (Lipinski definition) is 1. The van der Waals surface area contributed by atoms with Gasteiger partial charge in [0.1, 0.15) is 6.33 Å². The van der Waals surface area contributed by atoms with E-state index in [9.17, 15) is 13.2 Å². The molecule has 1 rings (SSSR count). The molecule has 0 aliphatic carbocycles. The number of aromatic nitrogens is 3. The molecular weight excluding hydrogens is 174 g/mol. The van der Waals surface area contributed by atoms with Gasteiger partial charge in [-0.05, 0) is 0 Å². The van der Waals surface area contributed by atoms with Crippen molar-refractivity contribution in [3.63, 3.8) is 0 Å². The summed E-state index contributed by atoms with van der Waals surface area (Å²) in [6.45, 7) is 0. The maximum atomic E-state index is 11.5. The Kier molecular flexibility index (Phi) is 4.03. The van der Waals surface area contributed by atoms with Crippen LogP contribution in [0.3, 0.4) is 0 Å². The zero-order chi connectivity index (χ0) is 6.91. The number of alkyl halides is 3. The molecule has 0 amide bonds.